The minimum Gasteiger partial charge on any atom is -0.327 e. The minimum atomic E-state index is 0.701. The molecule has 0 aromatic carbocycles. The molecule has 3 nitrogen and oxygen atoms in total. The predicted octanol–water partition coefficient (Wildman–Crippen LogP) is 2.33. The van der Waals surface area contributed by atoms with Gasteiger partial charge in [-0.25, -0.2) is 4.98 Å². The fraction of sp³-hybridized carbons (Fsp3) is 0.455. The molecule has 0 saturated heterocycles. The van der Waals surface area contributed by atoms with Crippen LogP contribution in [-0.4, -0.2) is 14.5 Å². The summed E-state index contributed by atoms with van der Waals surface area (Å²) in [5, 5.41) is 0. The zero-order valence-electron chi connectivity index (χ0n) is 8.27. The first-order valence-corrected chi connectivity index (χ1v) is 5.20. The topological polar surface area (TPSA) is 30.7 Å². The van der Waals surface area contributed by atoms with Crippen molar-refractivity contribution in [3.8, 4) is 0 Å². The van der Waals surface area contributed by atoms with Crippen LogP contribution in [0.25, 0.3) is 11.0 Å². The summed E-state index contributed by atoms with van der Waals surface area (Å²) in [5.74, 6) is 0. The highest BCUT2D eigenvalue weighted by Gasteiger charge is 2.24. The largest absolute Gasteiger partial charge is 0.327 e. The lowest BCUT2D eigenvalue weighted by molar-refractivity contribution is 0.765. The molecule has 2 aromatic heterocycles. The summed E-state index contributed by atoms with van der Waals surface area (Å²) in [6.07, 6.45) is 7.42. The highest BCUT2D eigenvalue weighted by atomic mass is 15.1. The van der Waals surface area contributed by atoms with Gasteiger partial charge in [-0.05, 0) is 25.3 Å². The second-order valence-electron chi connectivity index (χ2n) is 3.90. The van der Waals surface area contributed by atoms with E-state index in [2.05, 4.69) is 27.5 Å². The molecule has 1 aliphatic carbocycles. The van der Waals surface area contributed by atoms with Gasteiger partial charge in [0.2, 0.25) is 0 Å². The quantitative estimate of drug-likeness (QED) is 0.722. The molecular formula is C11H13N3. The van der Waals surface area contributed by atoms with Crippen LogP contribution >= 0.6 is 0 Å². The summed E-state index contributed by atoms with van der Waals surface area (Å²) in [7, 11) is 0. The molecule has 14 heavy (non-hydrogen) atoms. The summed E-state index contributed by atoms with van der Waals surface area (Å²) in [4.78, 5) is 8.70. The van der Waals surface area contributed by atoms with Gasteiger partial charge in [-0.3, -0.25) is 4.98 Å². The van der Waals surface area contributed by atoms with Crippen LogP contribution < -0.4 is 0 Å². The van der Waals surface area contributed by atoms with Crippen LogP contribution in [0, 0.1) is 0 Å². The molecule has 3 rings (SSSR count). The maximum atomic E-state index is 4.36. The third kappa shape index (κ3) is 1.12. The molecule has 0 aliphatic heterocycles. The molecule has 3 heteroatoms. The minimum absolute atomic E-state index is 0.701. The first-order valence-electron chi connectivity index (χ1n) is 5.20. The molecule has 0 amide bonds. The van der Waals surface area contributed by atoms with E-state index in [1.807, 2.05) is 12.5 Å². The van der Waals surface area contributed by atoms with Crippen molar-refractivity contribution in [1.29, 1.82) is 0 Å². The zero-order valence-corrected chi connectivity index (χ0v) is 8.27. The number of aromatic nitrogens is 3. The van der Waals surface area contributed by atoms with Crippen LogP contribution in [0.15, 0.2) is 18.6 Å². The molecular weight excluding hydrogens is 174 g/mol. The van der Waals surface area contributed by atoms with E-state index >= 15 is 0 Å². The van der Waals surface area contributed by atoms with Crippen LogP contribution in [0.3, 0.4) is 0 Å². The van der Waals surface area contributed by atoms with Gasteiger partial charge in [-0.15, -0.1) is 0 Å². The Bertz CT molecular complexity index is 468. The number of hydrogen-bond donors (Lipinski definition) is 0. The number of aryl methyl sites for hydroxylation is 1. The van der Waals surface area contributed by atoms with E-state index in [9.17, 15) is 0 Å². The van der Waals surface area contributed by atoms with Crippen molar-refractivity contribution in [2.24, 2.45) is 0 Å². The molecule has 1 saturated carbocycles. The maximum absolute atomic E-state index is 4.36. The van der Waals surface area contributed by atoms with Crippen molar-refractivity contribution >= 4 is 11.0 Å². The molecule has 0 bridgehead atoms. The normalized spacial score (nSPS) is 16.4. The maximum Gasteiger partial charge on any atom is 0.107 e. The van der Waals surface area contributed by atoms with Crippen molar-refractivity contribution in [3.63, 3.8) is 0 Å². The van der Waals surface area contributed by atoms with Gasteiger partial charge in [0.15, 0.2) is 0 Å². The predicted molar refractivity (Wildman–Crippen MR) is 55.2 cm³/mol. The van der Waals surface area contributed by atoms with Crippen molar-refractivity contribution in [2.75, 3.05) is 0 Å². The number of rotatable bonds is 2. The van der Waals surface area contributed by atoms with E-state index in [0.717, 1.165) is 17.6 Å². The second-order valence-corrected chi connectivity index (χ2v) is 3.90. The average Bonchev–Trinajstić information content (AvgIpc) is 2.98. The van der Waals surface area contributed by atoms with Gasteiger partial charge in [0, 0.05) is 11.7 Å². The van der Waals surface area contributed by atoms with Gasteiger partial charge in [0.1, 0.15) is 5.52 Å². The summed E-state index contributed by atoms with van der Waals surface area (Å²) < 4.78 is 2.29. The number of fused-ring (bicyclic) bond motifs is 1. The van der Waals surface area contributed by atoms with Crippen LogP contribution in [0.5, 0.6) is 0 Å². The number of pyridine rings is 1. The van der Waals surface area contributed by atoms with Gasteiger partial charge in [-0.1, -0.05) is 6.92 Å². The smallest absolute Gasteiger partial charge is 0.107 e. The molecule has 1 fully saturated rings. The molecule has 2 heterocycles. The first-order chi connectivity index (χ1) is 6.88. The fourth-order valence-electron chi connectivity index (χ4n) is 1.81. The monoisotopic (exact) mass is 187 g/mol. The van der Waals surface area contributed by atoms with Crippen molar-refractivity contribution in [1.82, 2.24) is 14.5 Å². The molecule has 0 radical (unpaired) electrons. The lowest BCUT2D eigenvalue weighted by Crippen LogP contribution is -1.92. The molecule has 1 aliphatic rings. The van der Waals surface area contributed by atoms with Crippen LogP contribution in [0.4, 0.5) is 0 Å². The Labute approximate surface area is 82.8 Å². The first kappa shape index (κ1) is 7.97. The number of hydrogen-bond acceptors (Lipinski definition) is 2. The Morgan fingerprint density at radius 2 is 2.29 bits per heavy atom. The third-order valence-corrected chi connectivity index (χ3v) is 2.82. The van der Waals surface area contributed by atoms with Crippen molar-refractivity contribution < 1.29 is 0 Å². The Balaban J connectivity index is 2.20. The standard InChI is InChI=1S/C11H13N3/c1-2-8-5-11-10(6-12-8)13-7-14(11)9-3-4-9/h5-7,9H,2-4H2,1H3. The number of imidazole rings is 1. The highest BCUT2D eigenvalue weighted by molar-refractivity contribution is 5.74. The second kappa shape index (κ2) is 2.80. The van der Waals surface area contributed by atoms with Gasteiger partial charge in [0.05, 0.1) is 18.0 Å². The summed E-state index contributed by atoms with van der Waals surface area (Å²) in [6, 6.07) is 2.87. The Hall–Kier alpha value is -1.38. The van der Waals surface area contributed by atoms with Crippen LogP contribution in [0.2, 0.25) is 0 Å². The van der Waals surface area contributed by atoms with E-state index in [-0.39, 0.29) is 0 Å². The zero-order chi connectivity index (χ0) is 9.54. The number of nitrogens with zero attached hydrogens (tertiary/aromatic N) is 3. The molecule has 0 spiro atoms. The fourth-order valence-corrected chi connectivity index (χ4v) is 1.81. The van der Waals surface area contributed by atoms with E-state index in [1.165, 1.54) is 18.4 Å². The Morgan fingerprint density at radius 1 is 1.43 bits per heavy atom. The Morgan fingerprint density at radius 3 is 3.00 bits per heavy atom. The molecule has 0 unspecified atom stereocenters. The van der Waals surface area contributed by atoms with E-state index in [0.29, 0.717) is 6.04 Å². The highest BCUT2D eigenvalue weighted by Crippen LogP contribution is 2.36. The van der Waals surface area contributed by atoms with E-state index in [4.69, 9.17) is 0 Å². The SMILES string of the molecule is CCc1cc2c(cn1)ncn2C1CC1. The van der Waals surface area contributed by atoms with Gasteiger partial charge >= 0.3 is 0 Å². The van der Waals surface area contributed by atoms with Crippen LogP contribution in [-0.2, 0) is 6.42 Å². The third-order valence-electron chi connectivity index (χ3n) is 2.82. The lowest BCUT2D eigenvalue weighted by atomic mass is 10.2. The summed E-state index contributed by atoms with van der Waals surface area (Å²) in [5.41, 5.74) is 3.42. The molecule has 0 N–H and O–H groups in total. The summed E-state index contributed by atoms with van der Waals surface area (Å²) >= 11 is 0. The van der Waals surface area contributed by atoms with E-state index < -0.39 is 0 Å². The van der Waals surface area contributed by atoms with Crippen molar-refractivity contribution in [3.05, 3.63) is 24.3 Å². The van der Waals surface area contributed by atoms with Gasteiger partial charge in [-0.2, -0.15) is 0 Å². The molecule has 0 atom stereocenters. The average molecular weight is 187 g/mol. The van der Waals surface area contributed by atoms with Gasteiger partial charge < -0.3 is 4.57 Å². The van der Waals surface area contributed by atoms with E-state index in [1.54, 1.807) is 0 Å². The Kier molecular flexibility index (Phi) is 1.60. The molecule has 72 valence electrons. The molecule has 2 aromatic rings. The van der Waals surface area contributed by atoms with Crippen molar-refractivity contribution in [2.45, 2.75) is 32.2 Å². The summed E-state index contributed by atoms with van der Waals surface area (Å²) in [6.45, 7) is 2.13. The van der Waals surface area contributed by atoms with Crippen LogP contribution in [0.1, 0.15) is 31.5 Å². The van der Waals surface area contributed by atoms with Gasteiger partial charge in [0.25, 0.3) is 0 Å². The lowest BCUT2D eigenvalue weighted by Gasteiger charge is -2.01.